The van der Waals surface area contributed by atoms with Crippen LogP contribution < -0.4 is 9.64 Å². The molecular formula is C19H20FNO2. The number of ether oxygens (including phenoxy) is 1. The van der Waals surface area contributed by atoms with Gasteiger partial charge in [-0.25, -0.2) is 4.39 Å². The summed E-state index contributed by atoms with van der Waals surface area (Å²) >= 11 is 0. The van der Waals surface area contributed by atoms with Crippen molar-refractivity contribution >= 4 is 11.6 Å². The van der Waals surface area contributed by atoms with Crippen LogP contribution in [0.15, 0.2) is 42.5 Å². The summed E-state index contributed by atoms with van der Waals surface area (Å²) in [5.41, 5.74) is 2.21. The third-order valence-corrected chi connectivity index (χ3v) is 4.21. The highest BCUT2D eigenvalue weighted by Crippen LogP contribution is 2.33. The molecule has 23 heavy (non-hydrogen) atoms. The van der Waals surface area contributed by atoms with E-state index < -0.39 is 0 Å². The quantitative estimate of drug-likeness (QED) is 0.849. The van der Waals surface area contributed by atoms with Crippen LogP contribution in [0, 0.1) is 5.82 Å². The summed E-state index contributed by atoms with van der Waals surface area (Å²) in [6, 6.07) is 12.0. The Balaban J connectivity index is 2.03. The molecule has 3 rings (SSSR count). The minimum atomic E-state index is -0.264. The molecule has 120 valence electrons. The Bertz CT molecular complexity index is 729. The number of hydrogen-bond donors (Lipinski definition) is 0. The van der Waals surface area contributed by atoms with E-state index in [4.69, 9.17) is 4.74 Å². The van der Waals surface area contributed by atoms with Crippen molar-refractivity contribution in [3.8, 4) is 5.75 Å². The molecule has 0 aliphatic carbocycles. The summed E-state index contributed by atoms with van der Waals surface area (Å²) in [4.78, 5) is 14.9. The van der Waals surface area contributed by atoms with Gasteiger partial charge < -0.3 is 9.64 Å². The molecule has 1 aliphatic rings. The number of fused-ring (bicyclic) bond motifs is 1. The van der Waals surface area contributed by atoms with Crippen molar-refractivity contribution in [1.29, 1.82) is 0 Å². The van der Waals surface area contributed by atoms with Crippen molar-refractivity contribution < 1.29 is 13.9 Å². The molecule has 0 fully saturated rings. The molecule has 0 aromatic heterocycles. The first-order valence-electron chi connectivity index (χ1n) is 7.95. The van der Waals surface area contributed by atoms with Gasteiger partial charge in [0.1, 0.15) is 11.6 Å². The minimum absolute atomic E-state index is 0.0649. The zero-order chi connectivity index (χ0) is 16.4. The summed E-state index contributed by atoms with van der Waals surface area (Å²) in [6.07, 6.45) is 1.60. The van der Waals surface area contributed by atoms with Gasteiger partial charge in [-0.1, -0.05) is 12.1 Å². The second-order valence-electron chi connectivity index (χ2n) is 5.77. The third kappa shape index (κ3) is 2.93. The van der Waals surface area contributed by atoms with Gasteiger partial charge in [-0.3, -0.25) is 4.79 Å². The predicted octanol–water partition coefficient (Wildman–Crippen LogP) is 4.21. The van der Waals surface area contributed by atoms with Crippen LogP contribution in [-0.2, 0) is 6.42 Å². The monoisotopic (exact) mass is 313 g/mol. The second kappa shape index (κ2) is 6.41. The van der Waals surface area contributed by atoms with E-state index in [-0.39, 0.29) is 17.8 Å². The molecule has 2 aromatic rings. The van der Waals surface area contributed by atoms with Gasteiger partial charge in [0, 0.05) is 11.7 Å². The minimum Gasteiger partial charge on any atom is -0.493 e. The summed E-state index contributed by atoms with van der Waals surface area (Å²) < 4.78 is 19.1. The van der Waals surface area contributed by atoms with Crippen LogP contribution >= 0.6 is 0 Å². The number of anilines is 1. The van der Waals surface area contributed by atoms with Crippen LogP contribution in [0.25, 0.3) is 0 Å². The van der Waals surface area contributed by atoms with E-state index >= 15 is 0 Å². The molecule has 3 nitrogen and oxygen atoms in total. The average Bonchev–Trinajstić information content (AvgIpc) is 2.55. The fourth-order valence-corrected chi connectivity index (χ4v) is 3.08. The number of halogens is 1. The van der Waals surface area contributed by atoms with Crippen molar-refractivity contribution in [2.45, 2.75) is 32.7 Å². The third-order valence-electron chi connectivity index (χ3n) is 4.21. The van der Waals surface area contributed by atoms with Gasteiger partial charge in [0.2, 0.25) is 0 Å². The smallest absolute Gasteiger partial charge is 0.262 e. The summed E-state index contributed by atoms with van der Waals surface area (Å²) in [5, 5.41) is 0. The zero-order valence-corrected chi connectivity index (χ0v) is 13.4. The van der Waals surface area contributed by atoms with E-state index in [0.29, 0.717) is 17.9 Å². The lowest BCUT2D eigenvalue weighted by Gasteiger charge is -2.35. The van der Waals surface area contributed by atoms with Crippen LogP contribution in [0.5, 0.6) is 5.75 Å². The molecule has 0 saturated heterocycles. The van der Waals surface area contributed by atoms with Crippen molar-refractivity contribution in [3.05, 3.63) is 59.4 Å². The predicted molar refractivity (Wildman–Crippen MR) is 88.6 cm³/mol. The fraction of sp³-hybridized carbons (Fsp3) is 0.316. The highest BCUT2D eigenvalue weighted by molar-refractivity contribution is 6.08. The van der Waals surface area contributed by atoms with Crippen LogP contribution in [0.1, 0.15) is 36.2 Å². The lowest BCUT2D eigenvalue weighted by atomic mass is 9.95. The number of rotatable bonds is 3. The van der Waals surface area contributed by atoms with Crippen molar-refractivity contribution in [1.82, 2.24) is 0 Å². The first-order valence-corrected chi connectivity index (χ1v) is 7.95. The number of nitrogens with zero attached hydrogens (tertiary/aromatic N) is 1. The Morgan fingerprint density at radius 1 is 1.30 bits per heavy atom. The van der Waals surface area contributed by atoms with Gasteiger partial charge in [-0.15, -0.1) is 0 Å². The first kappa shape index (κ1) is 15.5. The first-order chi connectivity index (χ1) is 11.1. The molecule has 0 radical (unpaired) electrons. The normalized spacial score (nSPS) is 16.8. The molecule has 0 bridgehead atoms. The SMILES string of the molecule is CCOc1ccccc1C(=O)N1c2ccc(F)cc2CCC1C. The maximum atomic E-state index is 13.5. The van der Waals surface area contributed by atoms with E-state index in [9.17, 15) is 9.18 Å². The van der Waals surface area contributed by atoms with E-state index in [1.165, 1.54) is 12.1 Å². The lowest BCUT2D eigenvalue weighted by Crippen LogP contribution is -2.42. The zero-order valence-electron chi connectivity index (χ0n) is 13.4. The molecule has 1 unspecified atom stereocenters. The molecule has 0 spiro atoms. The number of amides is 1. The molecule has 0 saturated carbocycles. The number of para-hydroxylation sites is 1. The van der Waals surface area contributed by atoms with E-state index in [2.05, 4.69) is 0 Å². The topological polar surface area (TPSA) is 29.5 Å². The van der Waals surface area contributed by atoms with Gasteiger partial charge in [0.05, 0.1) is 12.2 Å². The Morgan fingerprint density at radius 3 is 2.87 bits per heavy atom. The molecule has 2 aromatic carbocycles. The highest BCUT2D eigenvalue weighted by Gasteiger charge is 2.30. The Morgan fingerprint density at radius 2 is 2.09 bits per heavy atom. The van der Waals surface area contributed by atoms with Gasteiger partial charge >= 0.3 is 0 Å². The number of aryl methyl sites for hydroxylation is 1. The average molecular weight is 313 g/mol. The van der Waals surface area contributed by atoms with Gasteiger partial charge in [-0.05, 0) is 62.6 Å². The largest absolute Gasteiger partial charge is 0.493 e. The van der Waals surface area contributed by atoms with Crippen molar-refractivity contribution in [2.75, 3.05) is 11.5 Å². The molecule has 1 atom stereocenters. The number of carbonyl (C=O) groups excluding carboxylic acids is 1. The van der Waals surface area contributed by atoms with Crippen molar-refractivity contribution in [3.63, 3.8) is 0 Å². The Labute approximate surface area is 135 Å². The van der Waals surface area contributed by atoms with Gasteiger partial charge in [0.15, 0.2) is 0 Å². The molecule has 1 amide bonds. The molecule has 1 aliphatic heterocycles. The van der Waals surface area contributed by atoms with Crippen molar-refractivity contribution in [2.24, 2.45) is 0 Å². The highest BCUT2D eigenvalue weighted by atomic mass is 19.1. The van der Waals surface area contributed by atoms with Gasteiger partial charge in [0.25, 0.3) is 5.91 Å². The summed E-state index contributed by atoms with van der Waals surface area (Å²) in [7, 11) is 0. The molecular weight excluding hydrogens is 293 g/mol. The van der Waals surface area contributed by atoms with Crippen LogP contribution in [0.4, 0.5) is 10.1 Å². The summed E-state index contributed by atoms with van der Waals surface area (Å²) in [5.74, 6) is 0.218. The molecule has 0 N–H and O–H groups in total. The Hall–Kier alpha value is -2.36. The van der Waals surface area contributed by atoms with E-state index in [1.54, 1.807) is 23.1 Å². The number of carbonyl (C=O) groups is 1. The molecule has 4 heteroatoms. The number of benzene rings is 2. The van der Waals surface area contributed by atoms with E-state index in [0.717, 1.165) is 24.1 Å². The standard InChI is InChI=1S/C19H20FNO2/c1-3-23-18-7-5-4-6-16(18)19(22)21-13(2)8-9-14-12-15(20)10-11-17(14)21/h4-7,10-13H,3,8-9H2,1-2H3. The van der Waals surface area contributed by atoms with Crippen LogP contribution in [0.2, 0.25) is 0 Å². The maximum Gasteiger partial charge on any atom is 0.262 e. The van der Waals surface area contributed by atoms with Crippen LogP contribution in [0.3, 0.4) is 0 Å². The maximum absolute atomic E-state index is 13.5. The second-order valence-corrected chi connectivity index (χ2v) is 5.77. The molecule has 1 heterocycles. The van der Waals surface area contributed by atoms with Crippen LogP contribution in [-0.4, -0.2) is 18.6 Å². The van der Waals surface area contributed by atoms with Gasteiger partial charge in [-0.2, -0.15) is 0 Å². The number of hydrogen-bond acceptors (Lipinski definition) is 2. The lowest BCUT2D eigenvalue weighted by molar-refractivity contribution is 0.0971. The fourth-order valence-electron chi connectivity index (χ4n) is 3.08. The van der Waals surface area contributed by atoms with E-state index in [1.807, 2.05) is 26.0 Å². The Kier molecular flexibility index (Phi) is 4.33. The summed E-state index contributed by atoms with van der Waals surface area (Å²) in [6.45, 7) is 4.41.